The molecule has 5 rings (SSSR count). The van der Waals surface area contributed by atoms with E-state index in [2.05, 4.69) is 5.16 Å². The molecule has 3 aromatic rings. The van der Waals surface area contributed by atoms with Crippen molar-refractivity contribution in [3.63, 3.8) is 0 Å². The number of fused-ring (bicyclic) bond motifs is 3. The molecule has 1 unspecified atom stereocenters. The van der Waals surface area contributed by atoms with Crippen LogP contribution in [0.1, 0.15) is 24.5 Å². The van der Waals surface area contributed by atoms with Crippen molar-refractivity contribution in [2.24, 2.45) is 10.1 Å². The van der Waals surface area contributed by atoms with Crippen LogP contribution < -0.4 is 10.1 Å². The summed E-state index contributed by atoms with van der Waals surface area (Å²) < 4.78 is 0. The molecule has 2 heterocycles. The zero-order valence-electron chi connectivity index (χ0n) is 16.6. The Labute approximate surface area is 184 Å². The van der Waals surface area contributed by atoms with Crippen molar-refractivity contribution in [1.82, 2.24) is 0 Å². The van der Waals surface area contributed by atoms with Crippen LogP contribution in [0, 0.1) is 5.21 Å². The Hall–Kier alpha value is -3.23. The number of aliphatic imine (C=N–C) groups is 1. The Morgan fingerprint density at radius 3 is 2.52 bits per heavy atom. The molecule has 0 aliphatic carbocycles. The Morgan fingerprint density at radius 2 is 1.81 bits per heavy atom. The second-order valence-electron chi connectivity index (χ2n) is 7.63. The van der Waals surface area contributed by atoms with E-state index >= 15 is 0 Å². The summed E-state index contributed by atoms with van der Waals surface area (Å²) in [7, 11) is 0. The molecule has 3 aromatic carbocycles. The summed E-state index contributed by atoms with van der Waals surface area (Å²) in [4.78, 5) is 12.9. The maximum absolute atomic E-state index is 11.2. The first-order valence-corrected chi connectivity index (χ1v) is 10.2. The largest absolute Gasteiger partial charge is 0.595 e. The molecule has 2 aliphatic rings. The molecule has 156 valence electrons. The molecule has 0 aromatic heterocycles. The molecule has 0 spiro atoms. The number of rotatable bonds is 3. The quantitative estimate of drug-likeness (QED) is 0.605. The molecule has 2 atom stereocenters. The van der Waals surface area contributed by atoms with Crippen LogP contribution in [0.5, 0.6) is 0 Å². The predicted octanol–water partition coefficient (Wildman–Crippen LogP) is 4.18. The Balaban J connectivity index is 1.62. The van der Waals surface area contributed by atoms with Crippen LogP contribution in [0.4, 0.5) is 17.1 Å². The van der Waals surface area contributed by atoms with Crippen LogP contribution in [0.15, 0.2) is 82.9 Å². The zero-order valence-corrected chi connectivity index (χ0v) is 17.4. The monoisotopic (exact) mass is 434 g/mol. The molecular formula is C23H19ClN4O3. The minimum Gasteiger partial charge on any atom is -0.595 e. The molecule has 0 bridgehead atoms. The first-order valence-electron chi connectivity index (χ1n) is 9.77. The van der Waals surface area contributed by atoms with Gasteiger partial charge in [-0.3, -0.25) is 9.89 Å². The lowest BCUT2D eigenvalue weighted by Crippen LogP contribution is -2.99. The number of oxime groups is 1. The van der Waals surface area contributed by atoms with Crippen molar-refractivity contribution < 1.29 is 15.3 Å². The molecule has 0 saturated carbocycles. The predicted molar refractivity (Wildman–Crippen MR) is 119 cm³/mol. The van der Waals surface area contributed by atoms with E-state index in [0.717, 1.165) is 28.2 Å². The van der Waals surface area contributed by atoms with Crippen molar-refractivity contribution in [3.8, 4) is 0 Å². The number of anilines is 1. The summed E-state index contributed by atoms with van der Waals surface area (Å²) in [6, 6.07) is 22.1. The summed E-state index contributed by atoms with van der Waals surface area (Å²) >= 11 is 6.30. The van der Waals surface area contributed by atoms with Gasteiger partial charge in [0.05, 0.1) is 23.5 Å². The van der Waals surface area contributed by atoms with Crippen molar-refractivity contribution in [3.05, 3.63) is 94.2 Å². The van der Waals surface area contributed by atoms with Gasteiger partial charge >= 0.3 is 0 Å². The number of quaternary nitrogens is 1. The van der Waals surface area contributed by atoms with Crippen molar-refractivity contribution in [2.75, 3.05) is 4.90 Å². The van der Waals surface area contributed by atoms with E-state index in [0.29, 0.717) is 17.3 Å². The third-order valence-electron chi connectivity index (χ3n) is 5.44. The molecule has 31 heavy (non-hydrogen) atoms. The second kappa shape index (κ2) is 7.47. The lowest BCUT2D eigenvalue weighted by molar-refractivity contribution is -0.991. The van der Waals surface area contributed by atoms with Gasteiger partial charge in [0.1, 0.15) is 0 Å². The number of amidine groups is 1. The van der Waals surface area contributed by atoms with E-state index in [1.54, 1.807) is 24.3 Å². The van der Waals surface area contributed by atoms with Crippen LogP contribution in [-0.4, -0.2) is 22.5 Å². The lowest BCUT2D eigenvalue weighted by atomic mass is 9.99. The normalized spacial score (nSPS) is 20.7. The fourth-order valence-electron chi connectivity index (χ4n) is 3.94. The van der Waals surface area contributed by atoms with Gasteiger partial charge in [-0.05, 0) is 42.8 Å². The SMILES string of the molecule is C[C@@]12CC(c3ccccc3)=Nc3cc(Cl)ccc3N1C(c1ccc([NH+]([O-])O)cc1)=NO2. The third-order valence-corrected chi connectivity index (χ3v) is 5.67. The molecule has 2 aliphatic heterocycles. The lowest BCUT2D eigenvalue weighted by Gasteiger charge is -2.33. The van der Waals surface area contributed by atoms with E-state index in [1.807, 2.05) is 60.4 Å². The van der Waals surface area contributed by atoms with E-state index in [9.17, 15) is 10.4 Å². The average Bonchev–Trinajstić information content (AvgIpc) is 3.04. The number of hydrogen-bond acceptors (Lipinski definition) is 6. The zero-order chi connectivity index (χ0) is 21.6. The molecule has 0 radical (unpaired) electrons. The fraction of sp³-hybridized carbons (Fsp3) is 0.130. The topological polar surface area (TPSA) is 84.9 Å². The standard InChI is InChI=1S/C23H19ClN4O3/c1-23-14-20(15-5-3-2-4-6-15)25-19-13-17(24)9-12-21(19)27(23)22(26-31-23)16-7-10-18(11-8-16)28(29)30/h2-13,28-29H,14H2,1H3/t23-/m1/s1. The molecule has 0 amide bonds. The van der Waals surface area contributed by atoms with E-state index in [-0.39, 0.29) is 5.69 Å². The fourth-order valence-corrected chi connectivity index (χ4v) is 4.11. The molecule has 0 saturated heterocycles. The van der Waals surface area contributed by atoms with Gasteiger partial charge in [0.15, 0.2) is 11.5 Å². The Bertz CT molecular complexity index is 1200. The van der Waals surface area contributed by atoms with Gasteiger partial charge in [0.2, 0.25) is 5.72 Å². The maximum atomic E-state index is 11.2. The highest BCUT2D eigenvalue weighted by Gasteiger charge is 2.46. The van der Waals surface area contributed by atoms with Crippen LogP contribution >= 0.6 is 11.6 Å². The van der Waals surface area contributed by atoms with Crippen LogP contribution in [0.25, 0.3) is 0 Å². The van der Waals surface area contributed by atoms with Gasteiger partial charge < -0.3 is 10.0 Å². The number of nitrogens with zero attached hydrogens (tertiary/aromatic N) is 3. The summed E-state index contributed by atoms with van der Waals surface area (Å²) in [5.41, 5.74) is 3.55. The van der Waals surface area contributed by atoms with Gasteiger partial charge in [-0.1, -0.05) is 47.1 Å². The van der Waals surface area contributed by atoms with Gasteiger partial charge in [-0.2, -0.15) is 5.23 Å². The maximum Gasteiger partial charge on any atom is 0.218 e. The minimum absolute atomic E-state index is 0.212. The van der Waals surface area contributed by atoms with E-state index in [4.69, 9.17) is 21.4 Å². The van der Waals surface area contributed by atoms with Crippen molar-refractivity contribution >= 4 is 40.2 Å². The first kappa shape index (κ1) is 19.7. The van der Waals surface area contributed by atoms with E-state index < -0.39 is 11.0 Å². The summed E-state index contributed by atoms with van der Waals surface area (Å²) in [5, 5.41) is 24.4. The summed E-state index contributed by atoms with van der Waals surface area (Å²) in [6.07, 6.45) is 0.490. The molecule has 0 fully saturated rings. The Kier molecular flexibility index (Phi) is 4.75. The number of nitrogens with one attached hydrogen (secondary N) is 1. The molecule has 8 heteroatoms. The smallest absolute Gasteiger partial charge is 0.218 e. The molecule has 2 N–H and O–H groups in total. The van der Waals surface area contributed by atoms with Gasteiger partial charge in [0, 0.05) is 22.7 Å². The minimum atomic E-state index is -0.975. The number of hydrogen-bond donors (Lipinski definition) is 2. The highest BCUT2D eigenvalue weighted by molar-refractivity contribution is 6.31. The highest BCUT2D eigenvalue weighted by atomic mass is 35.5. The van der Waals surface area contributed by atoms with E-state index in [1.165, 1.54) is 0 Å². The van der Waals surface area contributed by atoms with Crippen LogP contribution in [0.2, 0.25) is 5.02 Å². The van der Waals surface area contributed by atoms with Crippen LogP contribution in [-0.2, 0) is 4.84 Å². The average molecular weight is 435 g/mol. The van der Waals surface area contributed by atoms with Gasteiger partial charge in [0.25, 0.3) is 0 Å². The van der Waals surface area contributed by atoms with Crippen LogP contribution in [0.3, 0.4) is 0 Å². The van der Waals surface area contributed by atoms with Gasteiger partial charge in [-0.25, -0.2) is 5.21 Å². The van der Waals surface area contributed by atoms with Crippen molar-refractivity contribution in [2.45, 2.75) is 19.1 Å². The van der Waals surface area contributed by atoms with Crippen molar-refractivity contribution in [1.29, 1.82) is 0 Å². The molecular weight excluding hydrogens is 416 g/mol. The molecule has 7 nitrogen and oxygen atoms in total. The summed E-state index contributed by atoms with van der Waals surface area (Å²) in [6.45, 7) is 1.97. The number of benzene rings is 3. The highest BCUT2D eigenvalue weighted by Crippen LogP contribution is 2.44. The Morgan fingerprint density at radius 1 is 1.06 bits per heavy atom. The first-order chi connectivity index (χ1) is 14.9. The van der Waals surface area contributed by atoms with Gasteiger partial charge in [-0.15, -0.1) is 0 Å². The summed E-state index contributed by atoms with van der Waals surface area (Å²) in [5.74, 6) is 0.590. The second-order valence-corrected chi connectivity index (χ2v) is 8.07. The third kappa shape index (κ3) is 3.47. The number of halogens is 1.